The van der Waals surface area contributed by atoms with Crippen molar-refractivity contribution < 1.29 is 9.32 Å². The summed E-state index contributed by atoms with van der Waals surface area (Å²) < 4.78 is 4.50. The summed E-state index contributed by atoms with van der Waals surface area (Å²) in [6.45, 7) is 5.33. The first-order valence-corrected chi connectivity index (χ1v) is 3.21. The molecule has 1 aromatic rings. The number of hydrogen-bond acceptors (Lipinski definition) is 5. The van der Waals surface area contributed by atoms with Gasteiger partial charge in [0, 0.05) is 5.41 Å². The van der Waals surface area contributed by atoms with Gasteiger partial charge in [-0.3, -0.25) is 4.79 Å². The minimum atomic E-state index is -0.492. The van der Waals surface area contributed by atoms with Crippen LogP contribution in [0, 0.1) is 5.41 Å². The third-order valence-corrected chi connectivity index (χ3v) is 1.17. The van der Waals surface area contributed by atoms with Gasteiger partial charge in [-0.15, -0.1) is 0 Å². The summed E-state index contributed by atoms with van der Waals surface area (Å²) in [7, 11) is 0. The second kappa shape index (κ2) is 2.41. The molecule has 0 unspecified atom stereocenters. The molecule has 5 nitrogen and oxygen atoms in total. The summed E-state index contributed by atoms with van der Waals surface area (Å²) in [5, 5.41) is 9.67. The van der Waals surface area contributed by atoms with Gasteiger partial charge in [0.2, 0.25) is 5.78 Å². The molecule has 0 aromatic carbocycles. The smallest absolute Gasteiger partial charge is 0.312 e. The Hall–Kier alpha value is -1.26. The first-order chi connectivity index (χ1) is 5.02. The van der Waals surface area contributed by atoms with E-state index in [1.807, 2.05) is 0 Å². The fraction of sp³-hybridized carbons (Fsp3) is 0.667. The molecule has 1 aromatic heterocycles. The lowest BCUT2D eigenvalue weighted by Gasteiger charge is -2.11. The predicted octanol–water partition coefficient (Wildman–Crippen LogP) is 0.693. The van der Waals surface area contributed by atoms with E-state index in [1.165, 1.54) is 0 Å². The van der Waals surface area contributed by atoms with Crippen molar-refractivity contribution in [2.75, 3.05) is 0 Å². The quantitative estimate of drug-likeness (QED) is 0.558. The summed E-state index contributed by atoms with van der Waals surface area (Å²) in [5.74, 6) is -0.222. The molecule has 1 heterocycles. The van der Waals surface area contributed by atoms with Gasteiger partial charge in [0.1, 0.15) is 0 Å². The van der Waals surface area contributed by atoms with Crippen molar-refractivity contribution >= 4 is 5.78 Å². The molecule has 0 N–H and O–H groups in total. The average molecular weight is 155 g/mol. The van der Waals surface area contributed by atoms with Crippen LogP contribution in [0.25, 0.3) is 0 Å². The van der Waals surface area contributed by atoms with Gasteiger partial charge >= 0.3 is 5.89 Å². The highest BCUT2D eigenvalue weighted by atomic mass is 16.5. The molecule has 0 saturated heterocycles. The van der Waals surface area contributed by atoms with Crippen LogP contribution >= 0.6 is 0 Å². The zero-order chi connectivity index (χ0) is 8.48. The van der Waals surface area contributed by atoms with Crippen molar-refractivity contribution in [3.05, 3.63) is 5.89 Å². The molecule has 5 heteroatoms. The fourth-order valence-electron chi connectivity index (χ4n) is 0.542. The molecule has 0 bridgehead atoms. The van der Waals surface area contributed by atoms with Gasteiger partial charge in [-0.1, -0.05) is 25.9 Å². The highest BCUT2D eigenvalue weighted by Gasteiger charge is 2.27. The lowest BCUT2D eigenvalue weighted by Crippen LogP contribution is -2.20. The molecule has 0 aliphatic rings. The zero-order valence-electron chi connectivity index (χ0n) is 6.66. The van der Waals surface area contributed by atoms with Crippen LogP contribution in [0.3, 0.4) is 0 Å². The number of carbonyl (C=O) groups excluding carboxylic acids is 1. The van der Waals surface area contributed by atoms with Crippen LogP contribution in [0.1, 0.15) is 31.5 Å². The van der Waals surface area contributed by atoms with Gasteiger partial charge in [-0.25, -0.2) is 0 Å². The molecule has 0 spiro atoms. The topological polar surface area (TPSA) is 68.9 Å². The van der Waals surface area contributed by atoms with Gasteiger partial charge in [-0.05, 0) is 5.21 Å². The molecule has 0 radical (unpaired) electrons. The normalized spacial score (nSPS) is 11.5. The minimum absolute atomic E-state index is 0.0301. The Kier molecular flexibility index (Phi) is 1.72. The first-order valence-electron chi connectivity index (χ1n) is 3.21. The maximum atomic E-state index is 11.3. The molecule has 11 heavy (non-hydrogen) atoms. The van der Waals surface area contributed by atoms with Crippen molar-refractivity contribution in [2.24, 2.45) is 5.41 Å². The zero-order valence-corrected chi connectivity index (χ0v) is 6.66. The third kappa shape index (κ3) is 1.60. The monoisotopic (exact) mass is 155 g/mol. The summed E-state index contributed by atoms with van der Waals surface area (Å²) in [4.78, 5) is 11.3. The Labute approximate surface area is 63.8 Å². The van der Waals surface area contributed by atoms with Crippen molar-refractivity contribution in [2.45, 2.75) is 20.8 Å². The number of carbonyl (C=O) groups is 1. The number of rotatable bonds is 1. The highest BCUT2D eigenvalue weighted by molar-refractivity contribution is 5.95. The van der Waals surface area contributed by atoms with E-state index in [-0.39, 0.29) is 11.7 Å². The molecule has 0 fully saturated rings. The number of nitrogens with zero attached hydrogens (tertiary/aromatic N) is 3. The predicted molar refractivity (Wildman–Crippen MR) is 35.9 cm³/mol. The van der Waals surface area contributed by atoms with E-state index in [1.54, 1.807) is 20.8 Å². The van der Waals surface area contributed by atoms with Crippen molar-refractivity contribution in [1.82, 2.24) is 15.6 Å². The third-order valence-electron chi connectivity index (χ3n) is 1.17. The van der Waals surface area contributed by atoms with Gasteiger partial charge in [-0.2, -0.15) is 0 Å². The summed E-state index contributed by atoms with van der Waals surface area (Å²) in [6.07, 6.45) is 0. The molecule has 1 rings (SSSR count). The number of Topliss-reactive ketones (excluding diaryl/α,β-unsaturated/α-hetero) is 1. The standard InChI is InChI=1S/C6H9N3O2/c1-6(2,3)4(10)5-7-8-9-11-5/h1-3H3. The van der Waals surface area contributed by atoms with E-state index in [0.717, 1.165) is 0 Å². The molecular weight excluding hydrogens is 146 g/mol. The summed E-state index contributed by atoms with van der Waals surface area (Å²) in [6, 6.07) is 0. The van der Waals surface area contributed by atoms with Gasteiger partial charge in [0.25, 0.3) is 0 Å². The lowest BCUT2D eigenvalue weighted by atomic mass is 9.91. The van der Waals surface area contributed by atoms with E-state index < -0.39 is 5.41 Å². The Bertz CT molecular complexity index is 247. The highest BCUT2D eigenvalue weighted by Crippen LogP contribution is 2.18. The average Bonchev–Trinajstić information content (AvgIpc) is 2.34. The van der Waals surface area contributed by atoms with Crippen LogP contribution in [0.2, 0.25) is 0 Å². The second-order valence-corrected chi connectivity index (χ2v) is 3.25. The van der Waals surface area contributed by atoms with Gasteiger partial charge < -0.3 is 4.52 Å². The minimum Gasteiger partial charge on any atom is -0.312 e. The molecule has 60 valence electrons. The van der Waals surface area contributed by atoms with Crippen molar-refractivity contribution in [1.29, 1.82) is 0 Å². The van der Waals surface area contributed by atoms with E-state index in [2.05, 4.69) is 20.1 Å². The van der Waals surface area contributed by atoms with Crippen LogP contribution in [0.15, 0.2) is 4.52 Å². The molecule has 0 atom stereocenters. The van der Waals surface area contributed by atoms with E-state index in [9.17, 15) is 4.79 Å². The Balaban J connectivity index is 2.88. The van der Waals surface area contributed by atoms with E-state index in [4.69, 9.17) is 0 Å². The van der Waals surface area contributed by atoms with Gasteiger partial charge in [0.05, 0.1) is 5.27 Å². The fourth-order valence-corrected chi connectivity index (χ4v) is 0.542. The Morgan fingerprint density at radius 2 is 2.09 bits per heavy atom. The molecule has 0 aliphatic heterocycles. The maximum absolute atomic E-state index is 11.3. The van der Waals surface area contributed by atoms with Crippen molar-refractivity contribution in [3.8, 4) is 0 Å². The van der Waals surface area contributed by atoms with Crippen LogP contribution in [0.5, 0.6) is 0 Å². The van der Waals surface area contributed by atoms with E-state index in [0.29, 0.717) is 0 Å². The number of ketones is 1. The van der Waals surface area contributed by atoms with Crippen molar-refractivity contribution in [3.63, 3.8) is 0 Å². The largest absolute Gasteiger partial charge is 0.314 e. The second-order valence-electron chi connectivity index (χ2n) is 3.25. The van der Waals surface area contributed by atoms with Crippen LogP contribution in [-0.4, -0.2) is 21.4 Å². The lowest BCUT2D eigenvalue weighted by molar-refractivity contribution is 0.0811. The van der Waals surface area contributed by atoms with Crippen LogP contribution in [0.4, 0.5) is 0 Å². The van der Waals surface area contributed by atoms with E-state index >= 15 is 0 Å². The summed E-state index contributed by atoms with van der Waals surface area (Å²) in [5.41, 5.74) is -0.492. The van der Waals surface area contributed by atoms with Gasteiger partial charge in [0.15, 0.2) is 0 Å². The van der Waals surface area contributed by atoms with Crippen LogP contribution < -0.4 is 0 Å². The number of hydrogen-bond donors (Lipinski definition) is 0. The number of aromatic nitrogens is 3. The molecular formula is C6H9N3O2. The summed E-state index contributed by atoms with van der Waals surface area (Å²) >= 11 is 0. The first kappa shape index (κ1) is 7.84. The molecule has 0 aliphatic carbocycles. The maximum Gasteiger partial charge on any atom is 0.314 e. The Morgan fingerprint density at radius 3 is 2.45 bits per heavy atom. The SMILES string of the molecule is CC(C)(C)C(=O)c1nnno1. The van der Waals surface area contributed by atoms with Crippen LogP contribution in [-0.2, 0) is 0 Å². The Morgan fingerprint density at radius 1 is 1.45 bits per heavy atom. The molecule has 0 saturated carbocycles. The molecule has 0 amide bonds.